The summed E-state index contributed by atoms with van der Waals surface area (Å²) in [7, 11) is -3.63. The number of hydrogen-bond donors (Lipinski definition) is 2. The molecule has 0 spiro atoms. The van der Waals surface area contributed by atoms with E-state index >= 15 is 0 Å². The fraction of sp³-hybridized carbons (Fsp3) is 0.286. The third-order valence-electron chi connectivity index (χ3n) is 3.22. The minimum absolute atomic E-state index is 0.190. The number of nitrogens with one attached hydrogen (secondary N) is 1. The fourth-order valence-electron chi connectivity index (χ4n) is 1.96. The van der Waals surface area contributed by atoms with Crippen molar-refractivity contribution in [3.8, 4) is 0 Å². The van der Waals surface area contributed by atoms with Crippen molar-refractivity contribution in [2.45, 2.75) is 31.9 Å². The Kier molecular flexibility index (Phi) is 5.06. The third-order valence-corrected chi connectivity index (χ3v) is 5.98. The minimum atomic E-state index is -3.63. The van der Waals surface area contributed by atoms with Crippen LogP contribution in [-0.4, -0.2) is 13.5 Å². The van der Waals surface area contributed by atoms with Crippen molar-refractivity contribution in [1.82, 2.24) is 4.72 Å². The van der Waals surface area contributed by atoms with Gasteiger partial charge in [0.2, 0.25) is 10.0 Å². The molecule has 21 heavy (non-hydrogen) atoms. The Morgan fingerprint density at radius 3 is 2.57 bits per heavy atom. The van der Waals surface area contributed by atoms with E-state index in [1.807, 2.05) is 6.92 Å². The van der Waals surface area contributed by atoms with Crippen LogP contribution in [0.2, 0.25) is 4.34 Å². The molecule has 0 saturated heterocycles. The number of rotatable bonds is 5. The number of halogens is 1. The van der Waals surface area contributed by atoms with Crippen LogP contribution < -0.4 is 4.72 Å². The normalized spacial score (nSPS) is 11.8. The average molecular weight is 346 g/mol. The lowest BCUT2D eigenvalue weighted by atomic mass is 10.1. The Hall–Kier alpha value is -0.920. The SMILES string of the molecule is Cc1cc(CO)cc(S(=O)(=O)NCc2ccc(Cl)s2)c1C. The Labute approximate surface area is 133 Å². The maximum absolute atomic E-state index is 12.4. The van der Waals surface area contributed by atoms with Crippen molar-refractivity contribution >= 4 is 33.0 Å². The van der Waals surface area contributed by atoms with E-state index < -0.39 is 10.0 Å². The van der Waals surface area contributed by atoms with E-state index in [9.17, 15) is 13.5 Å². The summed E-state index contributed by atoms with van der Waals surface area (Å²) in [5.41, 5.74) is 2.10. The molecule has 7 heteroatoms. The summed E-state index contributed by atoms with van der Waals surface area (Å²) in [5.74, 6) is 0. The number of sulfonamides is 1. The summed E-state index contributed by atoms with van der Waals surface area (Å²) in [4.78, 5) is 1.05. The number of aliphatic hydroxyl groups is 1. The van der Waals surface area contributed by atoms with E-state index in [4.69, 9.17) is 11.6 Å². The first kappa shape index (κ1) is 16.5. The van der Waals surface area contributed by atoms with Gasteiger partial charge >= 0.3 is 0 Å². The number of hydrogen-bond acceptors (Lipinski definition) is 4. The van der Waals surface area contributed by atoms with Gasteiger partial charge in [0.25, 0.3) is 0 Å². The van der Waals surface area contributed by atoms with Gasteiger partial charge in [-0.25, -0.2) is 13.1 Å². The van der Waals surface area contributed by atoms with Crippen LogP contribution in [0.25, 0.3) is 0 Å². The van der Waals surface area contributed by atoms with Gasteiger partial charge in [0.15, 0.2) is 0 Å². The lowest BCUT2D eigenvalue weighted by molar-refractivity contribution is 0.281. The van der Waals surface area contributed by atoms with Crippen LogP contribution in [0.4, 0.5) is 0 Å². The molecule has 0 amide bonds. The van der Waals surface area contributed by atoms with Crippen LogP contribution in [0.15, 0.2) is 29.2 Å². The van der Waals surface area contributed by atoms with Gasteiger partial charge in [-0.3, -0.25) is 0 Å². The predicted molar refractivity (Wildman–Crippen MR) is 85.2 cm³/mol. The number of aliphatic hydroxyl groups excluding tert-OH is 1. The van der Waals surface area contributed by atoms with Crippen molar-refractivity contribution in [3.63, 3.8) is 0 Å². The summed E-state index contributed by atoms with van der Waals surface area (Å²) >= 11 is 7.16. The second kappa shape index (κ2) is 6.46. The van der Waals surface area contributed by atoms with Gasteiger partial charge < -0.3 is 5.11 Å². The van der Waals surface area contributed by atoms with Crippen molar-refractivity contribution < 1.29 is 13.5 Å². The molecule has 0 radical (unpaired) electrons. The van der Waals surface area contributed by atoms with Gasteiger partial charge in [0.1, 0.15) is 0 Å². The number of aryl methyl sites for hydroxylation is 1. The van der Waals surface area contributed by atoms with Crippen molar-refractivity contribution in [1.29, 1.82) is 0 Å². The summed E-state index contributed by atoms with van der Waals surface area (Å²) in [6.45, 7) is 3.59. The molecule has 4 nitrogen and oxygen atoms in total. The molecule has 0 saturated carbocycles. The zero-order valence-electron chi connectivity index (χ0n) is 11.7. The molecule has 0 aliphatic heterocycles. The van der Waals surface area contributed by atoms with Crippen molar-refractivity contribution in [2.75, 3.05) is 0 Å². The summed E-state index contributed by atoms with van der Waals surface area (Å²) in [5, 5.41) is 9.23. The van der Waals surface area contributed by atoms with E-state index in [-0.39, 0.29) is 18.0 Å². The summed E-state index contributed by atoms with van der Waals surface area (Å²) in [6, 6.07) is 6.81. The molecule has 0 unspecified atom stereocenters. The van der Waals surface area contributed by atoms with Gasteiger partial charge in [-0.05, 0) is 48.7 Å². The molecular formula is C14H16ClNO3S2. The Morgan fingerprint density at radius 1 is 1.29 bits per heavy atom. The Balaban J connectivity index is 2.29. The van der Waals surface area contributed by atoms with Crippen LogP contribution in [0.5, 0.6) is 0 Å². The van der Waals surface area contributed by atoms with E-state index in [1.165, 1.54) is 17.4 Å². The molecule has 0 aliphatic rings. The zero-order chi connectivity index (χ0) is 15.6. The highest BCUT2D eigenvalue weighted by molar-refractivity contribution is 7.89. The second-order valence-electron chi connectivity index (χ2n) is 4.72. The van der Waals surface area contributed by atoms with E-state index in [2.05, 4.69) is 4.72 Å². The predicted octanol–water partition coefficient (Wildman–Crippen LogP) is 2.99. The highest BCUT2D eigenvalue weighted by Gasteiger charge is 2.19. The number of benzene rings is 1. The summed E-state index contributed by atoms with van der Waals surface area (Å²) < 4.78 is 28.1. The molecule has 2 aromatic rings. The quantitative estimate of drug-likeness (QED) is 0.875. The third kappa shape index (κ3) is 3.84. The van der Waals surface area contributed by atoms with Crippen molar-refractivity contribution in [2.24, 2.45) is 0 Å². The molecule has 0 fully saturated rings. The lowest BCUT2D eigenvalue weighted by Crippen LogP contribution is -2.24. The lowest BCUT2D eigenvalue weighted by Gasteiger charge is -2.12. The van der Waals surface area contributed by atoms with Gasteiger partial charge in [-0.2, -0.15) is 0 Å². The molecule has 1 heterocycles. The summed E-state index contributed by atoms with van der Waals surface area (Å²) in [6.07, 6.45) is 0. The van der Waals surface area contributed by atoms with Gasteiger partial charge in [0.05, 0.1) is 15.8 Å². The largest absolute Gasteiger partial charge is 0.392 e. The van der Waals surface area contributed by atoms with Crippen LogP contribution in [-0.2, 0) is 23.2 Å². The molecular weight excluding hydrogens is 330 g/mol. The topological polar surface area (TPSA) is 66.4 Å². The molecule has 0 aliphatic carbocycles. The smallest absolute Gasteiger partial charge is 0.241 e. The molecule has 0 bridgehead atoms. The highest BCUT2D eigenvalue weighted by atomic mass is 35.5. The van der Waals surface area contributed by atoms with E-state index in [0.717, 1.165) is 10.4 Å². The molecule has 2 rings (SSSR count). The van der Waals surface area contributed by atoms with Gasteiger partial charge in [-0.15, -0.1) is 11.3 Å². The maximum atomic E-state index is 12.4. The molecule has 1 aromatic heterocycles. The fourth-order valence-corrected chi connectivity index (χ4v) is 4.45. The van der Waals surface area contributed by atoms with Crippen LogP contribution >= 0.6 is 22.9 Å². The van der Waals surface area contributed by atoms with Crippen LogP contribution in [0.3, 0.4) is 0 Å². The standard InChI is InChI=1S/C14H16ClNO3S2/c1-9-5-11(8-17)6-13(10(9)2)21(18,19)16-7-12-3-4-14(15)20-12/h3-6,16-17H,7-8H2,1-2H3. The maximum Gasteiger partial charge on any atom is 0.241 e. The Bertz CT molecular complexity index is 754. The van der Waals surface area contributed by atoms with Crippen molar-refractivity contribution in [3.05, 3.63) is 50.2 Å². The van der Waals surface area contributed by atoms with E-state index in [0.29, 0.717) is 15.5 Å². The molecule has 114 valence electrons. The van der Waals surface area contributed by atoms with Crippen LogP contribution in [0, 0.1) is 13.8 Å². The Morgan fingerprint density at radius 2 is 2.00 bits per heavy atom. The van der Waals surface area contributed by atoms with Gasteiger partial charge in [0, 0.05) is 11.4 Å². The average Bonchev–Trinajstić information content (AvgIpc) is 2.85. The molecule has 2 N–H and O–H groups in total. The first-order valence-electron chi connectivity index (χ1n) is 6.28. The van der Waals surface area contributed by atoms with Crippen LogP contribution in [0.1, 0.15) is 21.6 Å². The zero-order valence-corrected chi connectivity index (χ0v) is 14.1. The minimum Gasteiger partial charge on any atom is -0.392 e. The second-order valence-corrected chi connectivity index (χ2v) is 8.26. The first-order chi connectivity index (χ1) is 9.83. The monoisotopic (exact) mass is 345 g/mol. The first-order valence-corrected chi connectivity index (χ1v) is 8.96. The van der Waals surface area contributed by atoms with Gasteiger partial charge in [-0.1, -0.05) is 17.7 Å². The molecule has 0 atom stereocenters. The molecule has 1 aromatic carbocycles. The highest BCUT2D eigenvalue weighted by Crippen LogP contribution is 2.24. The number of thiophene rings is 1. The van der Waals surface area contributed by atoms with E-state index in [1.54, 1.807) is 25.1 Å².